The molecule has 1 aromatic heterocycles. The van der Waals surface area contributed by atoms with Gasteiger partial charge < -0.3 is 25.6 Å². The molecule has 7 heteroatoms. The second-order valence-corrected chi connectivity index (χ2v) is 10.6. The number of benzene rings is 2. The number of amides is 1. The van der Waals surface area contributed by atoms with Gasteiger partial charge in [0.2, 0.25) is 0 Å². The van der Waals surface area contributed by atoms with Gasteiger partial charge in [-0.2, -0.15) is 0 Å². The Balaban J connectivity index is 1.36. The zero-order chi connectivity index (χ0) is 24.7. The van der Waals surface area contributed by atoms with Crippen LogP contribution >= 0.6 is 0 Å². The number of hydrogen-bond acceptors (Lipinski definition) is 3. The minimum atomic E-state index is -0.885. The van der Waals surface area contributed by atoms with E-state index in [9.17, 15) is 9.90 Å². The Morgan fingerprint density at radius 2 is 1.94 bits per heavy atom. The molecule has 0 radical (unpaired) electrons. The Labute approximate surface area is 212 Å². The standard InChI is InChI=1S/C29H35N5O2/c30-18-20-7-6-8-21(17-20)26-25-19-31-14-16-33(25)27(32-26)28(35)34-15-13-29(36,22-9-2-1-3-10-22)23-11-4-5-12-24(23)34/h1-3,6-10,17,23-24,31,36H,4-5,11-16,18-19,30H2/p+2/t23-,24+,29-/m0/s1. The molecule has 3 atom stereocenters. The highest BCUT2D eigenvalue weighted by Gasteiger charge is 2.51. The maximum atomic E-state index is 14.2. The van der Waals surface area contributed by atoms with E-state index in [0.717, 1.165) is 74.4 Å². The first-order valence-electron chi connectivity index (χ1n) is 13.5. The van der Waals surface area contributed by atoms with Crippen molar-refractivity contribution in [3.05, 3.63) is 77.2 Å². The molecule has 188 valence electrons. The maximum Gasteiger partial charge on any atom is 0.290 e. The molecule has 2 aliphatic heterocycles. The van der Waals surface area contributed by atoms with Gasteiger partial charge >= 0.3 is 0 Å². The third-order valence-electron chi connectivity index (χ3n) is 8.66. The van der Waals surface area contributed by atoms with Crippen molar-refractivity contribution in [2.45, 2.75) is 63.4 Å². The molecule has 6 N–H and O–H groups in total. The van der Waals surface area contributed by atoms with Crippen molar-refractivity contribution in [1.82, 2.24) is 14.5 Å². The minimum Gasteiger partial charge on any atom is -0.385 e. The summed E-state index contributed by atoms with van der Waals surface area (Å²) in [5.74, 6) is 0.621. The van der Waals surface area contributed by atoms with Crippen LogP contribution in [0.4, 0.5) is 0 Å². The van der Waals surface area contributed by atoms with E-state index in [1.165, 1.54) is 5.56 Å². The molecule has 1 amide bonds. The minimum absolute atomic E-state index is 0.0183. The normalized spacial score (nSPS) is 25.8. The number of carbonyl (C=O) groups is 1. The third kappa shape index (κ3) is 3.86. The Hall–Kier alpha value is -3.00. The fraction of sp³-hybridized carbons (Fsp3) is 0.448. The number of aliphatic hydroxyl groups is 1. The van der Waals surface area contributed by atoms with Crippen LogP contribution < -0.4 is 11.1 Å². The molecule has 3 heterocycles. The average molecular weight is 488 g/mol. The molecule has 2 fully saturated rings. The summed E-state index contributed by atoms with van der Waals surface area (Å²) in [4.78, 5) is 21.2. The molecule has 0 spiro atoms. The van der Waals surface area contributed by atoms with Crippen molar-refractivity contribution in [2.24, 2.45) is 5.92 Å². The van der Waals surface area contributed by atoms with E-state index in [0.29, 0.717) is 18.8 Å². The van der Waals surface area contributed by atoms with Crippen LogP contribution in [-0.2, 0) is 25.2 Å². The highest BCUT2D eigenvalue weighted by Crippen LogP contribution is 2.47. The summed E-state index contributed by atoms with van der Waals surface area (Å²) in [5, 5.41) is 14.2. The van der Waals surface area contributed by atoms with Gasteiger partial charge in [0.05, 0.1) is 30.9 Å². The monoisotopic (exact) mass is 487 g/mol. The fourth-order valence-electron chi connectivity index (χ4n) is 6.81. The smallest absolute Gasteiger partial charge is 0.290 e. The second kappa shape index (κ2) is 9.47. The zero-order valence-corrected chi connectivity index (χ0v) is 20.9. The third-order valence-corrected chi connectivity index (χ3v) is 8.66. The first-order chi connectivity index (χ1) is 17.6. The van der Waals surface area contributed by atoms with E-state index in [1.807, 2.05) is 35.2 Å². The van der Waals surface area contributed by atoms with E-state index in [2.05, 4.69) is 39.9 Å². The molecule has 1 aliphatic carbocycles. The number of quaternary nitrogens is 2. The first-order valence-corrected chi connectivity index (χ1v) is 13.5. The van der Waals surface area contributed by atoms with Gasteiger partial charge in [-0.1, -0.05) is 61.4 Å². The van der Waals surface area contributed by atoms with Crippen LogP contribution in [0.1, 0.15) is 59.5 Å². The number of imidazole rings is 1. The summed E-state index contributed by atoms with van der Waals surface area (Å²) in [6.45, 7) is 3.83. The van der Waals surface area contributed by atoms with E-state index in [1.54, 1.807) is 0 Å². The Morgan fingerprint density at radius 3 is 2.78 bits per heavy atom. The second-order valence-electron chi connectivity index (χ2n) is 10.6. The number of rotatable bonds is 4. The molecular weight excluding hydrogens is 450 g/mol. The topological polar surface area (TPSA) is 103 Å². The van der Waals surface area contributed by atoms with Gasteiger partial charge in [0, 0.05) is 29.6 Å². The van der Waals surface area contributed by atoms with Crippen molar-refractivity contribution in [3.63, 3.8) is 0 Å². The van der Waals surface area contributed by atoms with Crippen LogP contribution in [0.5, 0.6) is 0 Å². The molecule has 3 aliphatic rings. The van der Waals surface area contributed by atoms with E-state index >= 15 is 0 Å². The summed E-state index contributed by atoms with van der Waals surface area (Å²) in [6, 6.07) is 18.5. The highest BCUT2D eigenvalue weighted by molar-refractivity contribution is 5.92. The number of carbonyl (C=O) groups excluding carboxylic acids is 1. The zero-order valence-electron chi connectivity index (χ0n) is 20.9. The number of aromatic nitrogens is 2. The van der Waals surface area contributed by atoms with Crippen molar-refractivity contribution >= 4 is 5.91 Å². The summed E-state index contributed by atoms with van der Waals surface area (Å²) in [5.41, 5.74) is 8.40. The van der Waals surface area contributed by atoms with Gasteiger partial charge in [-0.15, -0.1) is 0 Å². The average Bonchev–Trinajstić information content (AvgIpc) is 3.33. The summed E-state index contributed by atoms with van der Waals surface area (Å²) < 4.78 is 2.16. The predicted molar refractivity (Wildman–Crippen MR) is 136 cm³/mol. The lowest BCUT2D eigenvalue weighted by Crippen LogP contribution is -2.85. The van der Waals surface area contributed by atoms with Crippen LogP contribution in [0.2, 0.25) is 0 Å². The lowest BCUT2D eigenvalue weighted by molar-refractivity contribution is -0.677. The molecule has 0 unspecified atom stereocenters. The molecular formula is C29H37N5O2+2. The summed E-state index contributed by atoms with van der Waals surface area (Å²) >= 11 is 0. The van der Waals surface area contributed by atoms with Gasteiger partial charge in [-0.3, -0.25) is 4.79 Å². The number of nitrogens with zero attached hydrogens (tertiary/aromatic N) is 3. The van der Waals surface area contributed by atoms with Crippen LogP contribution in [0.25, 0.3) is 11.3 Å². The lowest BCUT2D eigenvalue weighted by Gasteiger charge is -2.52. The van der Waals surface area contributed by atoms with Gasteiger partial charge in [0.15, 0.2) is 5.82 Å². The number of hydrogen-bond donors (Lipinski definition) is 3. The van der Waals surface area contributed by atoms with E-state index in [4.69, 9.17) is 4.98 Å². The molecule has 6 rings (SSSR count). The molecule has 3 aromatic rings. The number of piperidine rings is 1. The van der Waals surface area contributed by atoms with Crippen molar-refractivity contribution in [1.29, 1.82) is 0 Å². The summed E-state index contributed by atoms with van der Waals surface area (Å²) in [7, 11) is 0. The quantitative estimate of drug-likeness (QED) is 0.522. The molecule has 1 saturated heterocycles. The van der Waals surface area contributed by atoms with Crippen LogP contribution in [0.15, 0.2) is 54.6 Å². The fourth-order valence-corrected chi connectivity index (χ4v) is 6.81. The molecule has 0 bridgehead atoms. The van der Waals surface area contributed by atoms with Crippen molar-refractivity contribution < 1.29 is 21.0 Å². The van der Waals surface area contributed by atoms with Gasteiger partial charge in [-0.25, -0.2) is 4.98 Å². The SMILES string of the molecule is [NH3+]Cc1cccc(-c2nc(C(=O)N3CC[C@](O)(c4ccccc4)[C@H]4CCCC[C@H]43)n3c2C[NH2+]CC3)c1. The molecule has 36 heavy (non-hydrogen) atoms. The Kier molecular flexibility index (Phi) is 6.15. The Bertz CT molecular complexity index is 1260. The molecule has 7 nitrogen and oxygen atoms in total. The maximum absolute atomic E-state index is 14.2. The number of likely N-dealkylation sites (tertiary alicyclic amines) is 1. The lowest BCUT2D eigenvalue weighted by atomic mass is 9.66. The highest BCUT2D eigenvalue weighted by atomic mass is 16.3. The number of nitrogens with two attached hydrogens (primary N) is 1. The van der Waals surface area contributed by atoms with Crippen LogP contribution in [0, 0.1) is 5.92 Å². The van der Waals surface area contributed by atoms with E-state index in [-0.39, 0.29) is 17.9 Å². The van der Waals surface area contributed by atoms with Gasteiger partial charge in [-0.05, 0) is 30.9 Å². The van der Waals surface area contributed by atoms with Gasteiger partial charge in [0.1, 0.15) is 12.2 Å². The van der Waals surface area contributed by atoms with Crippen molar-refractivity contribution in [3.8, 4) is 11.3 Å². The largest absolute Gasteiger partial charge is 0.385 e. The molecule has 1 saturated carbocycles. The van der Waals surface area contributed by atoms with E-state index < -0.39 is 5.60 Å². The number of fused-ring (bicyclic) bond motifs is 2. The summed E-state index contributed by atoms with van der Waals surface area (Å²) in [6.07, 6.45) is 4.62. The van der Waals surface area contributed by atoms with Crippen LogP contribution in [0.3, 0.4) is 0 Å². The predicted octanol–water partition coefficient (Wildman–Crippen LogP) is 1.66. The van der Waals surface area contributed by atoms with Crippen molar-refractivity contribution in [2.75, 3.05) is 13.1 Å². The Morgan fingerprint density at radius 1 is 1.11 bits per heavy atom. The van der Waals surface area contributed by atoms with Gasteiger partial charge in [0.25, 0.3) is 5.91 Å². The van der Waals surface area contributed by atoms with Crippen LogP contribution in [-0.4, -0.2) is 44.6 Å². The molecule has 2 aromatic carbocycles. The first kappa shape index (κ1) is 23.4.